The van der Waals surface area contributed by atoms with E-state index < -0.39 is 16.1 Å². The third kappa shape index (κ3) is 4.42. The van der Waals surface area contributed by atoms with E-state index in [4.69, 9.17) is 4.74 Å². The Morgan fingerprint density at radius 3 is 2.48 bits per heavy atom. The topological polar surface area (TPSA) is 96.0 Å². The molecule has 8 nitrogen and oxygen atoms in total. The maximum atomic E-state index is 13.0. The second-order valence-corrected chi connectivity index (χ2v) is 9.77. The summed E-state index contributed by atoms with van der Waals surface area (Å²) in [6.45, 7) is 3.87. The van der Waals surface area contributed by atoms with Crippen LogP contribution in [0.1, 0.15) is 29.8 Å². The summed E-state index contributed by atoms with van der Waals surface area (Å²) in [4.78, 5) is 26.4. The van der Waals surface area contributed by atoms with Crippen molar-refractivity contribution in [3.05, 3.63) is 47.5 Å². The molecule has 0 saturated heterocycles. The fourth-order valence-electron chi connectivity index (χ4n) is 3.61. The summed E-state index contributed by atoms with van der Waals surface area (Å²) in [7, 11) is 0.582. The van der Waals surface area contributed by atoms with E-state index >= 15 is 0 Å². The standard InChI is InChI=1S/C22H27N3O5S/c1-14(22(27)17-6-8-19-16(12-17)10-11-25(19)15(2)26)23-18-7-9-20(30-5)21(13-18)31(28,29)24(3)4/h6-9,12-14,23H,10-11H2,1-5H3. The van der Waals surface area contributed by atoms with Crippen LogP contribution in [0.5, 0.6) is 5.75 Å². The zero-order chi connectivity index (χ0) is 22.9. The van der Waals surface area contributed by atoms with Crippen LogP contribution in [0.15, 0.2) is 41.3 Å². The zero-order valence-electron chi connectivity index (χ0n) is 18.3. The molecule has 31 heavy (non-hydrogen) atoms. The van der Waals surface area contributed by atoms with E-state index in [2.05, 4.69) is 5.32 Å². The van der Waals surface area contributed by atoms with Gasteiger partial charge in [0, 0.05) is 44.5 Å². The van der Waals surface area contributed by atoms with Crippen LogP contribution in [-0.2, 0) is 21.2 Å². The number of nitrogens with zero attached hydrogens (tertiary/aromatic N) is 2. The largest absolute Gasteiger partial charge is 0.495 e. The number of rotatable bonds is 7. The Hall–Kier alpha value is -2.91. The molecule has 1 N–H and O–H groups in total. The van der Waals surface area contributed by atoms with Gasteiger partial charge in [-0.15, -0.1) is 0 Å². The van der Waals surface area contributed by atoms with Crippen molar-refractivity contribution in [1.29, 1.82) is 0 Å². The fourth-order valence-corrected chi connectivity index (χ4v) is 4.69. The molecule has 1 atom stereocenters. The molecule has 0 bridgehead atoms. The number of ketones is 1. The number of Topliss-reactive ketones (excluding diaryl/α,β-unsaturated/α-hetero) is 1. The number of methoxy groups -OCH3 is 1. The Bertz CT molecular complexity index is 1130. The average Bonchev–Trinajstić information content (AvgIpc) is 3.16. The first-order valence-electron chi connectivity index (χ1n) is 9.88. The molecule has 0 aromatic heterocycles. The summed E-state index contributed by atoms with van der Waals surface area (Å²) in [5.41, 5.74) is 2.85. The van der Waals surface area contributed by atoms with E-state index in [1.807, 2.05) is 6.07 Å². The minimum atomic E-state index is -3.72. The minimum Gasteiger partial charge on any atom is -0.495 e. The number of benzene rings is 2. The minimum absolute atomic E-state index is 0.0177. The van der Waals surface area contributed by atoms with Crippen molar-refractivity contribution in [2.45, 2.75) is 31.2 Å². The second kappa shape index (κ2) is 8.68. The molecular weight excluding hydrogens is 418 g/mol. The number of nitrogens with one attached hydrogen (secondary N) is 1. The van der Waals surface area contributed by atoms with Crippen molar-refractivity contribution >= 4 is 33.1 Å². The number of amides is 1. The number of hydrogen-bond acceptors (Lipinski definition) is 6. The molecule has 1 aliphatic heterocycles. The molecule has 0 aliphatic carbocycles. The predicted molar refractivity (Wildman–Crippen MR) is 119 cm³/mol. The van der Waals surface area contributed by atoms with Gasteiger partial charge in [-0.2, -0.15) is 0 Å². The molecule has 166 valence electrons. The van der Waals surface area contributed by atoms with Crippen molar-refractivity contribution in [1.82, 2.24) is 4.31 Å². The molecule has 1 unspecified atom stereocenters. The van der Waals surface area contributed by atoms with Crippen molar-refractivity contribution in [2.75, 3.05) is 38.0 Å². The van der Waals surface area contributed by atoms with Gasteiger partial charge in [0.05, 0.1) is 13.2 Å². The Balaban J connectivity index is 1.83. The van der Waals surface area contributed by atoms with Crippen LogP contribution < -0.4 is 15.0 Å². The third-order valence-corrected chi connectivity index (χ3v) is 7.17. The molecule has 0 radical (unpaired) electrons. The normalized spacial score (nSPS) is 14.3. The SMILES string of the molecule is COc1ccc(NC(C)C(=O)c2ccc3c(c2)CCN3C(C)=O)cc1S(=O)(=O)N(C)C. The molecule has 9 heteroatoms. The van der Waals surface area contributed by atoms with E-state index in [1.165, 1.54) is 34.2 Å². The van der Waals surface area contributed by atoms with E-state index in [-0.39, 0.29) is 22.3 Å². The molecular formula is C22H27N3O5S. The third-order valence-electron chi connectivity index (χ3n) is 5.34. The van der Waals surface area contributed by atoms with Crippen LogP contribution in [0.2, 0.25) is 0 Å². The van der Waals surface area contributed by atoms with Gasteiger partial charge in [-0.05, 0) is 55.3 Å². The number of sulfonamides is 1. The Labute approximate surface area is 182 Å². The lowest BCUT2D eigenvalue weighted by Gasteiger charge is -2.19. The van der Waals surface area contributed by atoms with Crippen molar-refractivity contribution in [3.63, 3.8) is 0 Å². The highest BCUT2D eigenvalue weighted by Crippen LogP contribution is 2.31. The van der Waals surface area contributed by atoms with Crippen LogP contribution in [-0.4, -0.2) is 58.2 Å². The summed E-state index contributed by atoms with van der Waals surface area (Å²) >= 11 is 0. The summed E-state index contributed by atoms with van der Waals surface area (Å²) < 4.78 is 31.5. The zero-order valence-corrected chi connectivity index (χ0v) is 19.1. The number of carbonyl (C=O) groups is 2. The average molecular weight is 446 g/mol. The quantitative estimate of drug-likeness (QED) is 0.658. The molecule has 0 saturated carbocycles. The van der Waals surface area contributed by atoms with Crippen LogP contribution in [0, 0.1) is 0 Å². The van der Waals surface area contributed by atoms with Crippen LogP contribution >= 0.6 is 0 Å². The summed E-state index contributed by atoms with van der Waals surface area (Å²) in [5.74, 6) is 0.0830. The molecule has 2 aromatic carbocycles. The lowest BCUT2D eigenvalue weighted by Crippen LogP contribution is -2.27. The van der Waals surface area contributed by atoms with Crippen LogP contribution in [0.3, 0.4) is 0 Å². The highest BCUT2D eigenvalue weighted by Gasteiger charge is 2.26. The molecule has 0 spiro atoms. The van der Waals surface area contributed by atoms with E-state index in [0.717, 1.165) is 15.6 Å². The van der Waals surface area contributed by atoms with Gasteiger partial charge in [0.25, 0.3) is 0 Å². The summed E-state index contributed by atoms with van der Waals surface area (Å²) in [6, 6.07) is 9.45. The van der Waals surface area contributed by atoms with Gasteiger partial charge in [0.2, 0.25) is 15.9 Å². The number of anilines is 2. The van der Waals surface area contributed by atoms with Gasteiger partial charge in [-0.1, -0.05) is 0 Å². The van der Waals surface area contributed by atoms with Gasteiger partial charge < -0.3 is 15.0 Å². The number of carbonyl (C=O) groups excluding carboxylic acids is 2. The maximum Gasteiger partial charge on any atom is 0.246 e. The smallest absolute Gasteiger partial charge is 0.246 e. The molecule has 1 amide bonds. The van der Waals surface area contributed by atoms with Crippen molar-refractivity contribution < 1.29 is 22.7 Å². The monoisotopic (exact) mass is 445 g/mol. The highest BCUT2D eigenvalue weighted by atomic mass is 32.2. The van der Waals surface area contributed by atoms with Gasteiger partial charge >= 0.3 is 0 Å². The number of ether oxygens (including phenoxy) is 1. The summed E-state index contributed by atoms with van der Waals surface area (Å²) in [6.07, 6.45) is 0.710. The number of fused-ring (bicyclic) bond motifs is 1. The van der Waals surface area contributed by atoms with Gasteiger partial charge in [-0.3, -0.25) is 9.59 Å². The first kappa shape index (κ1) is 22.8. The molecule has 1 aliphatic rings. The fraction of sp³-hybridized carbons (Fsp3) is 0.364. The first-order valence-corrected chi connectivity index (χ1v) is 11.3. The lowest BCUT2D eigenvalue weighted by atomic mass is 10.0. The second-order valence-electron chi connectivity index (χ2n) is 7.65. The molecule has 0 fully saturated rings. The molecule has 1 heterocycles. The van der Waals surface area contributed by atoms with Gasteiger partial charge in [0.1, 0.15) is 10.6 Å². The van der Waals surface area contributed by atoms with E-state index in [9.17, 15) is 18.0 Å². The Kier molecular flexibility index (Phi) is 6.38. The van der Waals surface area contributed by atoms with E-state index in [0.29, 0.717) is 24.2 Å². The lowest BCUT2D eigenvalue weighted by molar-refractivity contribution is -0.116. The summed E-state index contributed by atoms with van der Waals surface area (Å²) in [5, 5.41) is 3.08. The number of hydrogen-bond donors (Lipinski definition) is 1. The first-order chi connectivity index (χ1) is 14.6. The van der Waals surface area contributed by atoms with Gasteiger partial charge in [-0.25, -0.2) is 12.7 Å². The Morgan fingerprint density at radius 2 is 1.87 bits per heavy atom. The molecule has 2 aromatic rings. The van der Waals surface area contributed by atoms with Crippen LogP contribution in [0.4, 0.5) is 11.4 Å². The van der Waals surface area contributed by atoms with Crippen molar-refractivity contribution in [2.24, 2.45) is 0 Å². The maximum absolute atomic E-state index is 13.0. The molecule has 3 rings (SSSR count). The van der Waals surface area contributed by atoms with E-state index in [1.54, 1.807) is 36.1 Å². The predicted octanol–water partition coefficient (Wildman–Crippen LogP) is 2.54. The van der Waals surface area contributed by atoms with Crippen LogP contribution in [0.25, 0.3) is 0 Å². The van der Waals surface area contributed by atoms with Gasteiger partial charge in [0.15, 0.2) is 5.78 Å². The van der Waals surface area contributed by atoms with Crippen molar-refractivity contribution in [3.8, 4) is 5.75 Å². The highest BCUT2D eigenvalue weighted by molar-refractivity contribution is 7.89. The Morgan fingerprint density at radius 1 is 1.16 bits per heavy atom.